The summed E-state index contributed by atoms with van der Waals surface area (Å²) in [5, 5.41) is 7.73. The molecule has 0 saturated heterocycles. The third kappa shape index (κ3) is 3.95. The van der Waals surface area contributed by atoms with E-state index >= 15 is 0 Å². The lowest BCUT2D eigenvalue weighted by Crippen LogP contribution is -2.08. The van der Waals surface area contributed by atoms with E-state index in [1.54, 1.807) is 11.3 Å². The van der Waals surface area contributed by atoms with Crippen molar-refractivity contribution >= 4 is 33.6 Å². The van der Waals surface area contributed by atoms with Crippen LogP contribution in [0.2, 0.25) is 0 Å². The summed E-state index contributed by atoms with van der Waals surface area (Å²) in [6.45, 7) is 8.13. The van der Waals surface area contributed by atoms with Crippen molar-refractivity contribution in [2.24, 2.45) is 0 Å². The van der Waals surface area contributed by atoms with Gasteiger partial charge >= 0.3 is 0 Å². The third-order valence-corrected chi connectivity index (χ3v) is 6.83. The number of thiophene rings is 1. The molecule has 0 aliphatic rings. The number of allylic oxidation sites excluding steroid dienone is 2. The molecule has 170 valence electrons. The van der Waals surface area contributed by atoms with E-state index in [0.29, 0.717) is 0 Å². The number of anilines is 1. The van der Waals surface area contributed by atoms with Crippen LogP contribution in [0.3, 0.4) is 0 Å². The van der Waals surface area contributed by atoms with Crippen molar-refractivity contribution in [2.75, 3.05) is 19.0 Å². The lowest BCUT2D eigenvalue weighted by Gasteiger charge is -2.12. The average Bonchev–Trinajstić information content (AvgIpc) is 3.55. The minimum atomic E-state index is 0.795. The summed E-state index contributed by atoms with van der Waals surface area (Å²) in [6, 6.07) is 12.6. The summed E-state index contributed by atoms with van der Waals surface area (Å²) in [5.41, 5.74) is 9.63. The van der Waals surface area contributed by atoms with Crippen LogP contribution in [0.1, 0.15) is 21.0 Å². The number of aromatic amines is 2. The fraction of sp³-hybridized carbons (Fsp3) is 0.148. The molecule has 0 radical (unpaired) electrons. The molecule has 7 heteroatoms. The molecule has 0 atom stereocenters. The molecule has 5 aromatic rings. The maximum absolute atomic E-state index is 4.96. The number of aryl methyl sites for hydroxylation is 2. The van der Waals surface area contributed by atoms with E-state index in [0.717, 1.165) is 56.2 Å². The zero-order valence-electron chi connectivity index (χ0n) is 19.7. The van der Waals surface area contributed by atoms with Gasteiger partial charge < -0.3 is 9.88 Å². The number of pyridine rings is 2. The van der Waals surface area contributed by atoms with Crippen LogP contribution in [0.5, 0.6) is 0 Å². The van der Waals surface area contributed by atoms with Gasteiger partial charge in [0.1, 0.15) is 11.2 Å². The van der Waals surface area contributed by atoms with E-state index in [9.17, 15) is 0 Å². The number of nitrogens with one attached hydrogen (secondary N) is 2. The van der Waals surface area contributed by atoms with Crippen molar-refractivity contribution in [3.05, 3.63) is 88.5 Å². The van der Waals surface area contributed by atoms with Crippen LogP contribution in [-0.4, -0.2) is 39.2 Å². The van der Waals surface area contributed by atoms with Crippen molar-refractivity contribution in [1.29, 1.82) is 0 Å². The molecule has 0 bridgehead atoms. The Morgan fingerprint density at radius 2 is 1.94 bits per heavy atom. The lowest BCUT2D eigenvalue weighted by molar-refractivity contribution is 1.11. The largest absolute Gasteiger partial charge is 0.376 e. The van der Waals surface area contributed by atoms with Crippen LogP contribution < -0.4 is 4.90 Å². The second kappa shape index (κ2) is 8.76. The molecular formula is C27H26N6S. The molecule has 6 nitrogen and oxygen atoms in total. The molecule has 5 heterocycles. The van der Waals surface area contributed by atoms with Gasteiger partial charge in [0.2, 0.25) is 0 Å². The number of H-pyrrole nitrogens is 2. The normalized spacial score (nSPS) is 11.8. The Kier molecular flexibility index (Phi) is 5.63. The fourth-order valence-corrected chi connectivity index (χ4v) is 4.93. The number of fused-ring (bicyclic) bond motifs is 1. The zero-order chi connectivity index (χ0) is 23.8. The van der Waals surface area contributed by atoms with E-state index in [1.807, 2.05) is 49.6 Å². The molecular weight excluding hydrogens is 440 g/mol. The molecule has 5 rings (SSSR count). The Labute approximate surface area is 202 Å². The maximum atomic E-state index is 4.96. The maximum Gasteiger partial charge on any atom is 0.135 e. The Hall–Kier alpha value is -3.97. The summed E-state index contributed by atoms with van der Waals surface area (Å²) in [4.78, 5) is 17.4. The van der Waals surface area contributed by atoms with Crippen LogP contribution >= 0.6 is 11.3 Å². The average molecular weight is 467 g/mol. The molecule has 0 aliphatic carbocycles. The van der Waals surface area contributed by atoms with Gasteiger partial charge in [0.05, 0.1) is 28.8 Å². The molecule has 0 saturated carbocycles. The summed E-state index contributed by atoms with van der Waals surface area (Å²) in [5.74, 6) is 0. The topological polar surface area (TPSA) is 73.5 Å². The SMILES string of the molecule is C=C/C=C(/c1ccc(C)s1)c1cc(-c2n[nH]c3ccc(-c4cncc(N(C)C)c4)nc23)[nH]c1C. The lowest BCUT2D eigenvalue weighted by atomic mass is 10.0. The van der Waals surface area contributed by atoms with Crippen LogP contribution in [-0.2, 0) is 0 Å². The number of hydrogen-bond donors (Lipinski definition) is 2. The fourth-order valence-electron chi connectivity index (χ4n) is 4.03. The van der Waals surface area contributed by atoms with Gasteiger partial charge in [0.25, 0.3) is 0 Å². The summed E-state index contributed by atoms with van der Waals surface area (Å²) < 4.78 is 0. The smallest absolute Gasteiger partial charge is 0.135 e. The first-order chi connectivity index (χ1) is 16.4. The van der Waals surface area contributed by atoms with Crippen LogP contribution in [0.15, 0.2) is 67.5 Å². The monoisotopic (exact) mass is 466 g/mol. The van der Waals surface area contributed by atoms with Gasteiger partial charge in [-0.2, -0.15) is 5.10 Å². The summed E-state index contributed by atoms with van der Waals surface area (Å²) in [7, 11) is 4.01. The van der Waals surface area contributed by atoms with Gasteiger partial charge in [0.15, 0.2) is 0 Å². The number of hydrogen-bond acceptors (Lipinski definition) is 5. The Balaban J connectivity index is 1.59. The molecule has 0 amide bonds. The molecule has 0 aliphatic heterocycles. The minimum Gasteiger partial charge on any atom is -0.376 e. The summed E-state index contributed by atoms with van der Waals surface area (Å²) in [6.07, 6.45) is 7.59. The first-order valence-corrected chi connectivity index (χ1v) is 11.8. The Bertz CT molecular complexity index is 1530. The zero-order valence-corrected chi connectivity index (χ0v) is 20.5. The molecule has 34 heavy (non-hydrogen) atoms. The highest BCUT2D eigenvalue weighted by atomic mass is 32.1. The van der Waals surface area contributed by atoms with E-state index in [2.05, 4.69) is 70.9 Å². The van der Waals surface area contributed by atoms with Crippen molar-refractivity contribution in [2.45, 2.75) is 13.8 Å². The molecule has 0 spiro atoms. The summed E-state index contributed by atoms with van der Waals surface area (Å²) >= 11 is 1.78. The van der Waals surface area contributed by atoms with E-state index in [1.165, 1.54) is 9.75 Å². The van der Waals surface area contributed by atoms with E-state index in [4.69, 9.17) is 4.98 Å². The van der Waals surface area contributed by atoms with E-state index < -0.39 is 0 Å². The third-order valence-electron chi connectivity index (χ3n) is 5.79. The second-order valence-electron chi connectivity index (χ2n) is 8.44. The number of rotatable bonds is 6. The standard InChI is InChI=1S/C27H26N6S/c1-6-7-20(25-11-8-16(2)34-25)21-13-24(29-17(21)3)27-26-23(31-32-27)10-9-22(30-26)18-12-19(33(4)5)15-28-14-18/h6-15,29H,1H2,2-5H3,(H,31,32)/b20-7+. The van der Waals surface area contributed by atoms with Crippen LogP contribution in [0, 0.1) is 13.8 Å². The first-order valence-electron chi connectivity index (χ1n) is 11.0. The van der Waals surface area contributed by atoms with Crippen molar-refractivity contribution < 1.29 is 0 Å². The predicted octanol–water partition coefficient (Wildman–Crippen LogP) is 6.38. The van der Waals surface area contributed by atoms with E-state index in [-0.39, 0.29) is 0 Å². The van der Waals surface area contributed by atoms with Gasteiger partial charge in [-0.3, -0.25) is 10.1 Å². The van der Waals surface area contributed by atoms with Gasteiger partial charge in [0, 0.05) is 52.4 Å². The quantitative estimate of drug-likeness (QED) is 0.285. The molecule has 0 unspecified atom stereocenters. The Morgan fingerprint density at radius 1 is 1.09 bits per heavy atom. The van der Waals surface area contributed by atoms with Crippen molar-refractivity contribution in [3.8, 4) is 22.6 Å². The highest BCUT2D eigenvalue weighted by molar-refractivity contribution is 7.13. The molecule has 0 fully saturated rings. The molecule has 5 aromatic heterocycles. The van der Waals surface area contributed by atoms with Crippen molar-refractivity contribution in [1.82, 2.24) is 25.1 Å². The van der Waals surface area contributed by atoms with Gasteiger partial charge in [-0.25, -0.2) is 4.98 Å². The van der Waals surface area contributed by atoms with Crippen LogP contribution in [0.25, 0.3) is 39.3 Å². The highest BCUT2D eigenvalue weighted by Crippen LogP contribution is 2.35. The first kappa shape index (κ1) is 21.9. The van der Waals surface area contributed by atoms with Crippen molar-refractivity contribution in [3.63, 3.8) is 0 Å². The molecule has 2 N–H and O–H groups in total. The van der Waals surface area contributed by atoms with Gasteiger partial charge in [-0.1, -0.05) is 18.7 Å². The second-order valence-corrected chi connectivity index (χ2v) is 9.73. The van der Waals surface area contributed by atoms with Crippen LogP contribution in [0.4, 0.5) is 5.69 Å². The predicted molar refractivity (Wildman–Crippen MR) is 142 cm³/mol. The Morgan fingerprint density at radius 3 is 2.68 bits per heavy atom. The van der Waals surface area contributed by atoms with Gasteiger partial charge in [-0.05, 0) is 50.2 Å². The number of aromatic nitrogens is 5. The molecule has 0 aromatic carbocycles. The van der Waals surface area contributed by atoms with Gasteiger partial charge in [-0.15, -0.1) is 11.3 Å². The minimum absolute atomic E-state index is 0.795. The number of nitrogens with zero attached hydrogens (tertiary/aromatic N) is 4. The highest BCUT2D eigenvalue weighted by Gasteiger charge is 2.18.